The van der Waals surface area contributed by atoms with Gasteiger partial charge in [0.05, 0.1) is 11.6 Å². The summed E-state index contributed by atoms with van der Waals surface area (Å²) in [5, 5.41) is 1.79. The van der Waals surface area contributed by atoms with Crippen molar-refractivity contribution in [1.29, 1.82) is 0 Å². The summed E-state index contributed by atoms with van der Waals surface area (Å²) in [6.07, 6.45) is 0. The van der Waals surface area contributed by atoms with E-state index in [0.29, 0.717) is 22.3 Å². The minimum absolute atomic E-state index is 0.336. The van der Waals surface area contributed by atoms with Gasteiger partial charge in [-0.05, 0) is 25.1 Å². The number of carbonyl (C=O) groups is 1. The van der Waals surface area contributed by atoms with E-state index in [9.17, 15) is 4.79 Å². The van der Waals surface area contributed by atoms with E-state index in [4.69, 9.17) is 27.9 Å². The maximum absolute atomic E-state index is 11.5. The van der Waals surface area contributed by atoms with Crippen LogP contribution in [0.4, 0.5) is 0 Å². The first-order valence-electron chi connectivity index (χ1n) is 5.76. The number of rotatable bonds is 2. The van der Waals surface area contributed by atoms with Gasteiger partial charge in [0.2, 0.25) is 0 Å². The quantitative estimate of drug-likeness (QED) is 0.815. The zero-order valence-corrected chi connectivity index (χ0v) is 12.0. The molecule has 1 N–H and O–H groups in total. The molecule has 0 spiro atoms. The van der Waals surface area contributed by atoms with E-state index in [2.05, 4.69) is 4.98 Å². The number of H-pyrrole nitrogens is 1. The molecule has 0 aliphatic carbocycles. The molecule has 5 heteroatoms. The summed E-state index contributed by atoms with van der Waals surface area (Å²) in [5.41, 5.74) is 1.10. The monoisotopic (exact) mass is 287 g/mol. The smallest absolute Gasteiger partial charge is 0.354 e. The summed E-state index contributed by atoms with van der Waals surface area (Å²) >= 11 is 11.9. The largest absolute Gasteiger partial charge is 0.461 e. The molecule has 1 aromatic carbocycles. The normalized spacial score (nSPS) is 9.83. The van der Waals surface area contributed by atoms with Crippen molar-refractivity contribution in [2.24, 2.45) is 0 Å². The number of carbonyl (C=O) groups excluding carboxylic acids is 1. The van der Waals surface area contributed by atoms with E-state index in [1.807, 2.05) is 13.8 Å². The van der Waals surface area contributed by atoms with Gasteiger partial charge in [0.1, 0.15) is 5.69 Å². The Labute approximate surface area is 116 Å². The number of esters is 1. The highest BCUT2D eigenvalue weighted by molar-refractivity contribution is 6.38. The highest BCUT2D eigenvalue weighted by Crippen LogP contribution is 2.28. The first kappa shape index (κ1) is 14.9. The summed E-state index contributed by atoms with van der Waals surface area (Å²) < 4.78 is 4.88. The number of hydrogen-bond acceptors (Lipinski definition) is 2. The van der Waals surface area contributed by atoms with Gasteiger partial charge in [-0.1, -0.05) is 37.0 Å². The molecule has 0 fully saturated rings. The second-order valence-corrected chi connectivity index (χ2v) is 4.10. The van der Waals surface area contributed by atoms with Gasteiger partial charge in [-0.25, -0.2) is 4.79 Å². The molecule has 2 aromatic rings. The number of nitrogens with one attached hydrogen (secondary N) is 1. The fraction of sp³-hybridized carbons (Fsp3) is 0.308. The Morgan fingerprint density at radius 2 is 1.94 bits per heavy atom. The molecule has 3 nitrogen and oxygen atoms in total. The fourth-order valence-electron chi connectivity index (χ4n) is 1.48. The lowest BCUT2D eigenvalue weighted by Crippen LogP contribution is -2.04. The molecule has 98 valence electrons. The number of aromatic amines is 1. The van der Waals surface area contributed by atoms with Crippen LogP contribution in [0, 0.1) is 0 Å². The average molecular weight is 288 g/mol. The zero-order valence-electron chi connectivity index (χ0n) is 10.5. The molecule has 0 saturated heterocycles. The van der Waals surface area contributed by atoms with E-state index in [1.54, 1.807) is 25.1 Å². The van der Waals surface area contributed by atoms with Gasteiger partial charge in [0, 0.05) is 15.9 Å². The van der Waals surface area contributed by atoms with Crippen LogP contribution >= 0.6 is 23.2 Å². The Morgan fingerprint density at radius 1 is 1.28 bits per heavy atom. The Kier molecular flexibility index (Phi) is 5.51. The molecule has 0 unspecified atom stereocenters. The van der Waals surface area contributed by atoms with Gasteiger partial charge >= 0.3 is 5.97 Å². The molecule has 0 saturated carbocycles. The minimum Gasteiger partial charge on any atom is -0.461 e. The Balaban J connectivity index is 0.000000771. The predicted molar refractivity (Wildman–Crippen MR) is 75.6 cm³/mol. The summed E-state index contributed by atoms with van der Waals surface area (Å²) in [7, 11) is 0. The number of aromatic nitrogens is 1. The van der Waals surface area contributed by atoms with E-state index < -0.39 is 5.97 Å². The third-order valence-electron chi connectivity index (χ3n) is 2.15. The van der Waals surface area contributed by atoms with E-state index in [0.717, 1.165) is 10.9 Å². The molecule has 0 aliphatic heterocycles. The van der Waals surface area contributed by atoms with Crippen LogP contribution < -0.4 is 0 Å². The van der Waals surface area contributed by atoms with Crippen LogP contribution in [-0.4, -0.2) is 17.6 Å². The second kappa shape index (κ2) is 6.66. The Bertz CT molecular complexity index is 549. The molecule has 18 heavy (non-hydrogen) atoms. The van der Waals surface area contributed by atoms with Gasteiger partial charge in [-0.2, -0.15) is 0 Å². The number of benzene rings is 1. The molecule has 2 rings (SSSR count). The van der Waals surface area contributed by atoms with Crippen molar-refractivity contribution in [3.05, 3.63) is 33.9 Å². The van der Waals surface area contributed by atoms with E-state index in [1.165, 1.54) is 0 Å². The van der Waals surface area contributed by atoms with Gasteiger partial charge in [-0.15, -0.1) is 0 Å². The molecule has 0 amide bonds. The molecule has 1 heterocycles. The van der Waals surface area contributed by atoms with Gasteiger partial charge in [0.25, 0.3) is 0 Å². The average Bonchev–Trinajstić information content (AvgIpc) is 2.76. The molecule has 1 aromatic heterocycles. The van der Waals surface area contributed by atoms with Crippen molar-refractivity contribution in [2.45, 2.75) is 20.8 Å². The standard InChI is InChI=1S/C11H9Cl2NO2.C2H6/c1-2-16-11(15)10-5-7-8(13)3-6(12)4-9(7)14-10;1-2/h3-5,14H,2H2,1H3;1-2H3. The van der Waals surface area contributed by atoms with Crippen molar-refractivity contribution >= 4 is 40.1 Å². The number of halogens is 2. The van der Waals surface area contributed by atoms with Crippen molar-refractivity contribution in [1.82, 2.24) is 4.98 Å². The summed E-state index contributed by atoms with van der Waals surface area (Å²) in [6, 6.07) is 5.01. The first-order chi connectivity index (χ1) is 8.61. The van der Waals surface area contributed by atoms with Crippen molar-refractivity contribution < 1.29 is 9.53 Å². The summed E-state index contributed by atoms with van der Waals surface area (Å²) in [4.78, 5) is 14.4. The van der Waals surface area contributed by atoms with Crippen LogP contribution in [-0.2, 0) is 4.74 Å². The lowest BCUT2D eigenvalue weighted by atomic mass is 10.2. The maximum atomic E-state index is 11.5. The van der Waals surface area contributed by atoms with Gasteiger partial charge in [-0.3, -0.25) is 0 Å². The second-order valence-electron chi connectivity index (χ2n) is 3.25. The first-order valence-corrected chi connectivity index (χ1v) is 6.52. The van der Waals surface area contributed by atoms with E-state index >= 15 is 0 Å². The molecule has 0 radical (unpaired) electrons. The molecular weight excluding hydrogens is 273 g/mol. The van der Waals surface area contributed by atoms with Crippen LogP contribution in [0.25, 0.3) is 10.9 Å². The maximum Gasteiger partial charge on any atom is 0.354 e. The topological polar surface area (TPSA) is 42.1 Å². The molecule has 0 aliphatic rings. The highest BCUT2D eigenvalue weighted by atomic mass is 35.5. The minimum atomic E-state index is -0.397. The third-order valence-corrected chi connectivity index (χ3v) is 2.68. The van der Waals surface area contributed by atoms with Crippen LogP contribution in [0.2, 0.25) is 10.0 Å². The third kappa shape index (κ3) is 3.18. The summed E-state index contributed by atoms with van der Waals surface area (Å²) in [6.45, 7) is 6.09. The molecule has 0 atom stereocenters. The summed E-state index contributed by atoms with van der Waals surface area (Å²) in [5.74, 6) is -0.397. The Morgan fingerprint density at radius 3 is 2.56 bits per heavy atom. The number of ether oxygens (including phenoxy) is 1. The lowest BCUT2D eigenvalue weighted by molar-refractivity contribution is 0.0520. The van der Waals surface area contributed by atoms with Crippen molar-refractivity contribution in [2.75, 3.05) is 6.61 Å². The zero-order chi connectivity index (χ0) is 13.7. The fourth-order valence-corrected chi connectivity index (χ4v) is 2.03. The van der Waals surface area contributed by atoms with Crippen LogP contribution in [0.3, 0.4) is 0 Å². The van der Waals surface area contributed by atoms with Crippen LogP contribution in [0.15, 0.2) is 18.2 Å². The predicted octanol–water partition coefficient (Wildman–Crippen LogP) is 4.68. The highest BCUT2D eigenvalue weighted by Gasteiger charge is 2.12. The van der Waals surface area contributed by atoms with Gasteiger partial charge in [0.15, 0.2) is 0 Å². The number of fused-ring (bicyclic) bond motifs is 1. The molecule has 0 bridgehead atoms. The SMILES string of the molecule is CC.CCOC(=O)c1cc2c(Cl)cc(Cl)cc2[nH]1. The van der Waals surface area contributed by atoms with Crippen molar-refractivity contribution in [3.63, 3.8) is 0 Å². The lowest BCUT2D eigenvalue weighted by Gasteiger charge is -1.96. The van der Waals surface area contributed by atoms with Gasteiger partial charge < -0.3 is 9.72 Å². The van der Waals surface area contributed by atoms with E-state index in [-0.39, 0.29) is 0 Å². The number of hydrogen-bond donors (Lipinski definition) is 1. The van der Waals surface area contributed by atoms with Crippen LogP contribution in [0.5, 0.6) is 0 Å². The molecular formula is C13H15Cl2NO2. The van der Waals surface area contributed by atoms with Crippen LogP contribution in [0.1, 0.15) is 31.3 Å². The van der Waals surface area contributed by atoms with Crippen molar-refractivity contribution in [3.8, 4) is 0 Å². The Hall–Kier alpha value is -1.19.